The number of benzene rings is 1. The SMILES string of the molecule is CC[C@H](O)c1cc2c(cc1Br)OCCO2. The highest BCUT2D eigenvalue weighted by molar-refractivity contribution is 9.10. The van der Waals surface area contributed by atoms with Crippen LogP contribution in [0, 0.1) is 0 Å². The minimum Gasteiger partial charge on any atom is -0.486 e. The molecule has 1 aliphatic heterocycles. The van der Waals surface area contributed by atoms with Crippen LogP contribution in [0.5, 0.6) is 11.5 Å². The number of fused-ring (bicyclic) bond motifs is 1. The van der Waals surface area contributed by atoms with E-state index in [1.54, 1.807) is 0 Å². The second-order valence-corrected chi connectivity index (χ2v) is 4.30. The third-order valence-electron chi connectivity index (χ3n) is 2.41. The number of hydrogen-bond acceptors (Lipinski definition) is 3. The number of aliphatic hydroxyl groups is 1. The van der Waals surface area contributed by atoms with Crippen molar-refractivity contribution in [2.24, 2.45) is 0 Å². The van der Waals surface area contributed by atoms with Gasteiger partial charge in [-0.25, -0.2) is 0 Å². The van der Waals surface area contributed by atoms with Crippen LogP contribution in [0.15, 0.2) is 16.6 Å². The van der Waals surface area contributed by atoms with Crippen molar-refractivity contribution in [1.29, 1.82) is 0 Å². The van der Waals surface area contributed by atoms with Crippen LogP contribution in [0.3, 0.4) is 0 Å². The van der Waals surface area contributed by atoms with Crippen LogP contribution >= 0.6 is 15.9 Å². The summed E-state index contributed by atoms with van der Waals surface area (Å²) in [5.41, 5.74) is 0.849. The van der Waals surface area contributed by atoms with Crippen LogP contribution in [-0.4, -0.2) is 18.3 Å². The summed E-state index contributed by atoms with van der Waals surface area (Å²) in [7, 11) is 0. The Bertz CT molecular complexity index is 365. The molecule has 2 rings (SSSR count). The highest BCUT2D eigenvalue weighted by Crippen LogP contribution is 2.38. The van der Waals surface area contributed by atoms with Crippen LogP contribution in [0.1, 0.15) is 25.0 Å². The van der Waals surface area contributed by atoms with Gasteiger partial charge in [0.05, 0.1) is 6.10 Å². The molecule has 0 spiro atoms. The summed E-state index contributed by atoms with van der Waals surface area (Å²) in [6.45, 7) is 3.08. The van der Waals surface area contributed by atoms with Crippen LogP contribution < -0.4 is 9.47 Å². The van der Waals surface area contributed by atoms with Crippen molar-refractivity contribution in [1.82, 2.24) is 0 Å². The van der Waals surface area contributed by atoms with Gasteiger partial charge in [-0.3, -0.25) is 0 Å². The molecule has 1 heterocycles. The largest absolute Gasteiger partial charge is 0.486 e. The van der Waals surface area contributed by atoms with E-state index in [-0.39, 0.29) is 0 Å². The molecule has 0 aliphatic carbocycles. The number of aliphatic hydroxyl groups excluding tert-OH is 1. The Morgan fingerprint density at radius 3 is 2.53 bits per heavy atom. The lowest BCUT2D eigenvalue weighted by Crippen LogP contribution is -2.15. The predicted molar refractivity (Wildman–Crippen MR) is 60.4 cm³/mol. The number of hydrogen-bond donors (Lipinski definition) is 1. The predicted octanol–water partition coefficient (Wildman–Crippen LogP) is 2.66. The molecule has 1 aromatic rings. The Kier molecular flexibility index (Phi) is 3.17. The average molecular weight is 273 g/mol. The summed E-state index contributed by atoms with van der Waals surface area (Å²) >= 11 is 3.42. The first-order chi connectivity index (χ1) is 7.22. The van der Waals surface area contributed by atoms with Gasteiger partial charge < -0.3 is 14.6 Å². The molecule has 0 bridgehead atoms. The van der Waals surface area contributed by atoms with E-state index >= 15 is 0 Å². The molecule has 4 heteroatoms. The van der Waals surface area contributed by atoms with Gasteiger partial charge in [-0.15, -0.1) is 0 Å². The molecule has 3 nitrogen and oxygen atoms in total. The number of ether oxygens (including phenoxy) is 2. The topological polar surface area (TPSA) is 38.7 Å². The lowest BCUT2D eigenvalue weighted by atomic mass is 10.1. The molecule has 82 valence electrons. The Labute approximate surface area is 97.1 Å². The second-order valence-electron chi connectivity index (χ2n) is 3.44. The van der Waals surface area contributed by atoms with Crippen molar-refractivity contribution >= 4 is 15.9 Å². The normalized spacial score (nSPS) is 16.2. The fraction of sp³-hybridized carbons (Fsp3) is 0.455. The maximum Gasteiger partial charge on any atom is 0.162 e. The van der Waals surface area contributed by atoms with Crippen LogP contribution in [0.4, 0.5) is 0 Å². The molecule has 0 fully saturated rings. The Hall–Kier alpha value is -0.740. The standard InChI is InChI=1S/C11H13BrO3/c1-2-9(13)7-5-10-11(6-8(7)12)15-4-3-14-10/h5-6,9,13H,2-4H2,1H3/t9-/m0/s1. The Morgan fingerprint density at radius 1 is 1.33 bits per heavy atom. The average Bonchev–Trinajstić information content (AvgIpc) is 2.27. The van der Waals surface area contributed by atoms with Crippen LogP contribution in [0.2, 0.25) is 0 Å². The lowest BCUT2D eigenvalue weighted by Gasteiger charge is -2.21. The zero-order chi connectivity index (χ0) is 10.8. The van der Waals surface area contributed by atoms with E-state index in [2.05, 4.69) is 15.9 Å². The maximum absolute atomic E-state index is 9.79. The van der Waals surface area contributed by atoms with Crippen LogP contribution in [0.25, 0.3) is 0 Å². The first-order valence-electron chi connectivity index (χ1n) is 4.99. The van der Waals surface area contributed by atoms with Crippen molar-refractivity contribution < 1.29 is 14.6 Å². The van der Waals surface area contributed by atoms with Gasteiger partial charge in [0.1, 0.15) is 13.2 Å². The zero-order valence-corrected chi connectivity index (χ0v) is 10.1. The van der Waals surface area contributed by atoms with Gasteiger partial charge in [0.15, 0.2) is 11.5 Å². The van der Waals surface area contributed by atoms with Crippen molar-refractivity contribution in [2.75, 3.05) is 13.2 Å². The molecular formula is C11H13BrO3. The smallest absolute Gasteiger partial charge is 0.162 e. The van der Waals surface area contributed by atoms with E-state index in [1.165, 1.54) is 0 Å². The molecule has 0 aromatic heterocycles. The van der Waals surface area contributed by atoms with Gasteiger partial charge in [-0.05, 0) is 24.1 Å². The summed E-state index contributed by atoms with van der Waals surface area (Å²) in [5.74, 6) is 1.45. The number of halogens is 1. The van der Waals surface area contributed by atoms with Gasteiger partial charge in [0.2, 0.25) is 0 Å². The Balaban J connectivity index is 2.40. The van der Waals surface area contributed by atoms with Gasteiger partial charge in [-0.2, -0.15) is 0 Å². The minimum atomic E-state index is -0.463. The quantitative estimate of drug-likeness (QED) is 0.900. The molecule has 1 N–H and O–H groups in total. The van der Waals surface area contributed by atoms with Crippen molar-refractivity contribution in [2.45, 2.75) is 19.4 Å². The Morgan fingerprint density at radius 2 is 1.93 bits per heavy atom. The summed E-state index contributed by atoms with van der Waals surface area (Å²) in [5, 5.41) is 9.79. The van der Waals surface area contributed by atoms with E-state index < -0.39 is 6.10 Å². The van der Waals surface area contributed by atoms with Gasteiger partial charge >= 0.3 is 0 Å². The molecule has 0 unspecified atom stereocenters. The minimum absolute atomic E-state index is 0.463. The monoisotopic (exact) mass is 272 g/mol. The highest BCUT2D eigenvalue weighted by atomic mass is 79.9. The van der Waals surface area contributed by atoms with Gasteiger partial charge in [0, 0.05) is 4.47 Å². The van der Waals surface area contributed by atoms with E-state index in [0.717, 1.165) is 15.8 Å². The van der Waals surface area contributed by atoms with Gasteiger partial charge in [0.25, 0.3) is 0 Å². The summed E-state index contributed by atoms with van der Waals surface area (Å²) in [6.07, 6.45) is 0.216. The van der Waals surface area contributed by atoms with Crippen LogP contribution in [-0.2, 0) is 0 Å². The molecule has 0 amide bonds. The van der Waals surface area contributed by atoms with E-state index in [1.807, 2.05) is 19.1 Å². The molecule has 0 radical (unpaired) electrons. The van der Waals surface area contributed by atoms with Gasteiger partial charge in [-0.1, -0.05) is 22.9 Å². The maximum atomic E-state index is 9.79. The summed E-state index contributed by atoms with van der Waals surface area (Å²) in [4.78, 5) is 0. The summed E-state index contributed by atoms with van der Waals surface area (Å²) in [6, 6.07) is 3.69. The lowest BCUT2D eigenvalue weighted by molar-refractivity contribution is 0.162. The third kappa shape index (κ3) is 2.11. The van der Waals surface area contributed by atoms with Crippen molar-refractivity contribution in [3.05, 3.63) is 22.2 Å². The summed E-state index contributed by atoms with van der Waals surface area (Å²) < 4.78 is 11.8. The second kappa shape index (κ2) is 4.41. The number of rotatable bonds is 2. The molecule has 15 heavy (non-hydrogen) atoms. The van der Waals surface area contributed by atoms with Crippen molar-refractivity contribution in [3.8, 4) is 11.5 Å². The van der Waals surface area contributed by atoms with E-state index in [9.17, 15) is 5.11 Å². The molecule has 0 saturated heterocycles. The zero-order valence-electron chi connectivity index (χ0n) is 8.50. The first kappa shape index (κ1) is 10.8. The molecule has 1 atom stereocenters. The molecule has 1 aliphatic rings. The van der Waals surface area contributed by atoms with E-state index in [0.29, 0.717) is 25.4 Å². The van der Waals surface area contributed by atoms with Crippen molar-refractivity contribution in [3.63, 3.8) is 0 Å². The fourth-order valence-corrected chi connectivity index (χ4v) is 2.14. The molecule has 1 aromatic carbocycles. The first-order valence-corrected chi connectivity index (χ1v) is 5.78. The fourth-order valence-electron chi connectivity index (χ4n) is 1.55. The highest BCUT2D eigenvalue weighted by Gasteiger charge is 2.17. The molecule has 0 saturated carbocycles. The molecular weight excluding hydrogens is 260 g/mol. The van der Waals surface area contributed by atoms with E-state index in [4.69, 9.17) is 9.47 Å². The third-order valence-corrected chi connectivity index (χ3v) is 3.09.